The topological polar surface area (TPSA) is 46.1 Å². The first-order valence-electron chi connectivity index (χ1n) is 9.93. The van der Waals surface area contributed by atoms with Crippen LogP contribution in [0.3, 0.4) is 0 Å². The third-order valence-electron chi connectivity index (χ3n) is 5.65. The van der Waals surface area contributed by atoms with Crippen molar-refractivity contribution in [3.8, 4) is 0 Å². The van der Waals surface area contributed by atoms with Crippen molar-refractivity contribution in [1.29, 1.82) is 0 Å². The summed E-state index contributed by atoms with van der Waals surface area (Å²) in [5, 5.41) is 3.54. The molecule has 1 N–H and O–H groups in total. The smallest absolute Gasteiger partial charge is 0.193 e. The molecule has 1 saturated heterocycles. The highest BCUT2D eigenvalue weighted by Gasteiger charge is 2.43. The fourth-order valence-electron chi connectivity index (χ4n) is 4.00. The second kappa shape index (κ2) is 11.2. The lowest BCUT2D eigenvalue weighted by Gasteiger charge is -2.38. The van der Waals surface area contributed by atoms with E-state index in [2.05, 4.69) is 39.5 Å². The lowest BCUT2D eigenvalue weighted by Crippen LogP contribution is -2.42. The van der Waals surface area contributed by atoms with Crippen LogP contribution in [0.5, 0.6) is 0 Å². The zero-order chi connectivity index (χ0) is 18.2. The summed E-state index contributed by atoms with van der Waals surface area (Å²) in [5.74, 6) is 1.03. The van der Waals surface area contributed by atoms with Crippen LogP contribution in [0.1, 0.15) is 43.7 Å². The number of halogens is 1. The van der Waals surface area contributed by atoms with Gasteiger partial charge in [0.1, 0.15) is 0 Å². The van der Waals surface area contributed by atoms with Crippen molar-refractivity contribution < 1.29 is 9.47 Å². The molecule has 1 saturated carbocycles. The number of ether oxygens (including phenoxy) is 2. The molecule has 3 rings (SSSR count). The van der Waals surface area contributed by atoms with Gasteiger partial charge in [-0.05, 0) is 42.7 Å². The predicted molar refractivity (Wildman–Crippen MR) is 121 cm³/mol. The van der Waals surface area contributed by atoms with E-state index >= 15 is 0 Å². The van der Waals surface area contributed by atoms with Gasteiger partial charge in [-0.2, -0.15) is 0 Å². The van der Waals surface area contributed by atoms with Crippen molar-refractivity contribution in [1.82, 2.24) is 10.2 Å². The molecule has 1 aromatic carbocycles. The molecule has 1 aliphatic carbocycles. The summed E-state index contributed by atoms with van der Waals surface area (Å²) in [6.07, 6.45) is 5.51. The lowest BCUT2D eigenvalue weighted by atomic mass is 9.68. The van der Waals surface area contributed by atoms with Gasteiger partial charge in [0.15, 0.2) is 5.96 Å². The van der Waals surface area contributed by atoms with E-state index in [-0.39, 0.29) is 24.0 Å². The fraction of sp³-hybridized carbons (Fsp3) is 0.667. The van der Waals surface area contributed by atoms with E-state index in [1.54, 1.807) is 0 Å². The molecule has 0 aromatic heterocycles. The molecule has 27 heavy (non-hydrogen) atoms. The Balaban J connectivity index is 0.00000261. The molecular weight excluding hydrogens is 453 g/mol. The number of nitrogens with one attached hydrogen (secondary N) is 1. The standard InChI is InChI=1S/C21H33N3O2.HI/c1-3-25-12-13-26-16-19-7-4-6-18(14-19)15-23-20(22-2)24-11-10-21(17-24)8-5-9-21;/h4,6-7,14H,3,5,8-13,15-17H2,1-2H3,(H,22,23);1H. The summed E-state index contributed by atoms with van der Waals surface area (Å²) < 4.78 is 11.0. The first kappa shape index (κ1) is 22.4. The highest BCUT2D eigenvalue weighted by atomic mass is 127. The number of guanidine groups is 1. The molecule has 0 unspecified atom stereocenters. The molecule has 0 radical (unpaired) electrons. The van der Waals surface area contributed by atoms with E-state index in [4.69, 9.17) is 9.47 Å². The summed E-state index contributed by atoms with van der Waals surface area (Å²) >= 11 is 0. The zero-order valence-electron chi connectivity index (χ0n) is 16.7. The van der Waals surface area contributed by atoms with Gasteiger partial charge in [0.2, 0.25) is 0 Å². The molecule has 1 aromatic rings. The minimum atomic E-state index is 0. The number of benzene rings is 1. The van der Waals surface area contributed by atoms with E-state index in [0.29, 0.717) is 25.2 Å². The van der Waals surface area contributed by atoms with Gasteiger partial charge in [-0.1, -0.05) is 30.7 Å². The number of nitrogens with zero attached hydrogens (tertiary/aromatic N) is 2. The minimum Gasteiger partial charge on any atom is -0.379 e. The van der Waals surface area contributed by atoms with Crippen LogP contribution in [0.15, 0.2) is 29.3 Å². The molecular formula is C21H34IN3O2. The van der Waals surface area contributed by atoms with Gasteiger partial charge in [0, 0.05) is 33.3 Å². The van der Waals surface area contributed by atoms with Crippen molar-refractivity contribution in [2.24, 2.45) is 10.4 Å². The SMILES string of the molecule is CCOCCOCc1cccc(CNC(=NC)N2CCC3(CCC3)C2)c1.I. The van der Waals surface area contributed by atoms with Crippen LogP contribution in [-0.4, -0.2) is 50.8 Å². The number of hydrogen-bond donors (Lipinski definition) is 1. The second-order valence-electron chi connectivity index (χ2n) is 7.50. The third-order valence-corrected chi connectivity index (χ3v) is 5.65. The van der Waals surface area contributed by atoms with Gasteiger partial charge >= 0.3 is 0 Å². The molecule has 2 fully saturated rings. The average Bonchev–Trinajstić information content (AvgIpc) is 3.09. The summed E-state index contributed by atoms with van der Waals surface area (Å²) in [7, 11) is 1.89. The van der Waals surface area contributed by atoms with E-state index in [1.807, 2.05) is 14.0 Å². The Labute approximate surface area is 180 Å². The first-order valence-corrected chi connectivity index (χ1v) is 9.93. The number of rotatable bonds is 8. The van der Waals surface area contributed by atoms with Crippen molar-refractivity contribution in [3.63, 3.8) is 0 Å². The van der Waals surface area contributed by atoms with Gasteiger partial charge in [0.05, 0.1) is 19.8 Å². The molecule has 0 atom stereocenters. The largest absolute Gasteiger partial charge is 0.379 e. The predicted octanol–water partition coefficient (Wildman–Crippen LogP) is 3.81. The molecule has 2 aliphatic rings. The Bertz CT molecular complexity index is 605. The van der Waals surface area contributed by atoms with Gasteiger partial charge in [-0.25, -0.2) is 0 Å². The van der Waals surface area contributed by atoms with Crippen LogP contribution in [0.4, 0.5) is 0 Å². The quantitative estimate of drug-likeness (QED) is 0.262. The Kier molecular flexibility index (Phi) is 9.32. The molecule has 152 valence electrons. The summed E-state index contributed by atoms with van der Waals surface area (Å²) in [4.78, 5) is 6.93. The Morgan fingerprint density at radius 2 is 1.96 bits per heavy atom. The number of hydrogen-bond acceptors (Lipinski definition) is 3. The maximum absolute atomic E-state index is 5.67. The first-order chi connectivity index (χ1) is 12.7. The van der Waals surface area contributed by atoms with Crippen LogP contribution < -0.4 is 5.32 Å². The summed E-state index contributed by atoms with van der Waals surface area (Å²) in [6.45, 7) is 7.76. The second-order valence-corrected chi connectivity index (χ2v) is 7.50. The van der Waals surface area contributed by atoms with Crippen LogP contribution in [0.2, 0.25) is 0 Å². The lowest BCUT2D eigenvalue weighted by molar-refractivity contribution is 0.0453. The minimum absolute atomic E-state index is 0. The van der Waals surface area contributed by atoms with Crippen LogP contribution >= 0.6 is 24.0 Å². The van der Waals surface area contributed by atoms with E-state index in [9.17, 15) is 0 Å². The van der Waals surface area contributed by atoms with E-state index in [0.717, 1.165) is 25.7 Å². The normalized spacial score (nSPS) is 18.3. The van der Waals surface area contributed by atoms with Gasteiger partial charge in [-0.3, -0.25) is 4.99 Å². The maximum Gasteiger partial charge on any atom is 0.193 e. The Morgan fingerprint density at radius 1 is 1.19 bits per heavy atom. The van der Waals surface area contributed by atoms with Crippen LogP contribution in [0, 0.1) is 5.41 Å². The molecule has 1 aliphatic heterocycles. The van der Waals surface area contributed by atoms with Crippen molar-refractivity contribution in [3.05, 3.63) is 35.4 Å². The average molecular weight is 487 g/mol. The van der Waals surface area contributed by atoms with Crippen LogP contribution in [-0.2, 0) is 22.6 Å². The van der Waals surface area contributed by atoms with Gasteiger partial charge in [0.25, 0.3) is 0 Å². The molecule has 1 spiro atoms. The molecule has 6 heteroatoms. The van der Waals surface area contributed by atoms with Crippen molar-refractivity contribution in [2.75, 3.05) is 40.0 Å². The fourth-order valence-corrected chi connectivity index (χ4v) is 4.00. The molecule has 5 nitrogen and oxygen atoms in total. The number of likely N-dealkylation sites (tertiary alicyclic amines) is 1. The molecule has 0 amide bonds. The van der Waals surface area contributed by atoms with Gasteiger partial charge < -0.3 is 19.7 Å². The Hall–Kier alpha value is -0.860. The van der Waals surface area contributed by atoms with E-state index in [1.165, 1.54) is 43.4 Å². The highest BCUT2D eigenvalue weighted by molar-refractivity contribution is 14.0. The Morgan fingerprint density at radius 3 is 2.63 bits per heavy atom. The van der Waals surface area contributed by atoms with E-state index < -0.39 is 0 Å². The highest BCUT2D eigenvalue weighted by Crippen LogP contribution is 2.47. The molecule has 1 heterocycles. The third kappa shape index (κ3) is 6.32. The molecule has 0 bridgehead atoms. The zero-order valence-corrected chi connectivity index (χ0v) is 19.0. The van der Waals surface area contributed by atoms with Crippen LogP contribution in [0.25, 0.3) is 0 Å². The maximum atomic E-state index is 5.67. The van der Waals surface area contributed by atoms with Gasteiger partial charge in [-0.15, -0.1) is 24.0 Å². The van der Waals surface area contributed by atoms with Crippen molar-refractivity contribution >= 4 is 29.9 Å². The summed E-state index contributed by atoms with van der Waals surface area (Å²) in [5.41, 5.74) is 3.05. The number of aliphatic imine (C=N–C) groups is 1. The summed E-state index contributed by atoms with van der Waals surface area (Å²) in [6, 6.07) is 8.57. The monoisotopic (exact) mass is 487 g/mol. The van der Waals surface area contributed by atoms with Crippen molar-refractivity contribution in [2.45, 2.75) is 45.8 Å².